The van der Waals surface area contributed by atoms with E-state index in [1.807, 2.05) is 0 Å². The van der Waals surface area contributed by atoms with Crippen molar-refractivity contribution in [2.75, 3.05) is 39.6 Å². The minimum Gasteiger partial charge on any atom is -0.462 e. The van der Waals surface area contributed by atoms with Crippen LogP contribution in [0.5, 0.6) is 0 Å². The standard InChI is InChI=1S/C74H144O17P2/c1-6-10-13-16-19-22-24-26-27-28-29-30-31-32-33-35-37-40-43-49-54-59-73(78)90-69(63-85-72(77)58-53-48-42-39-36-34-25-23-20-17-14-11-7-2)65-88-92(80,81)86-61-68(75)62-87-93(82,83)89-66-70(64-84-71(76)57-52-47-41-38-21-18-15-12-8-3)91-74(79)60-55-50-45-44-46-51-56-67(5)9-4/h67-70,75H,6-66H2,1-5H3,(H,80,81)(H,82,83)/t67?,68-,69-,70-/m1/s1. The molecule has 0 fully saturated rings. The maximum absolute atomic E-state index is 13.1. The van der Waals surface area contributed by atoms with E-state index < -0.39 is 97.5 Å². The van der Waals surface area contributed by atoms with Gasteiger partial charge in [-0.1, -0.05) is 336 Å². The molecule has 0 radical (unpaired) electrons. The second-order valence-electron chi connectivity index (χ2n) is 26.9. The molecule has 0 aromatic rings. The molecule has 0 heterocycles. The molecule has 17 nitrogen and oxygen atoms in total. The van der Waals surface area contributed by atoms with Crippen molar-refractivity contribution in [2.45, 2.75) is 406 Å². The predicted octanol–water partition coefficient (Wildman–Crippen LogP) is 21.7. The Morgan fingerprint density at radius 1 is 0.301 bits per heavy atom. The summed E-state index contributed by atoms with van der Waals surface area (Å²) in [5.74, 6) is -1.40. The molecule has 0 aliphatic heterocycles. The highest BCUT2D eigenvalue weighted by molar-refractivity contribution is 7.47. The lowest BCUT2D eigenvalue weighted by atomic mass is 10.00. The average Bonchev–Trinajstić information content (AvgIpc) is 1.90. The van der Waals surface area contributed by atoms with Crippen molar-refractivity contribution in [1.29, 1.82) is 0 Å². The summed E-state index contributed by atoms with van der Waals surface area (Å²) >= 11 is 0. The second kappa shape index (κ2) is 67.3. The summed E-state index contributed by atoms with van der Waals surface area (Å²) < 4.78 is 68.4. The molecule has 3 unspecified atom stereocenters. The van der Waals surface area contributed by atoms with Crippen LogP contribution in [-0.2, 0) is 65.4 Å². The van der Waals surface area contributed by atoms with Crippen molar-refractivity contribution in [3.05, 3.63) is 0 Å². The van der Waals surface area contributed by atoms with Gasteiger partial charge in [0.05, 0.1) is 26.4 Å². The minimum atomic E-state index is -4.95. The Morgan fingerprint density at radius 3 is 0.763 bits per heavy atom. The van der Waals surface area contributed by atoms with Crippen LogP contribution in [0.2, 0.25) is 0 Å². The van der Waals surface area contributed by atoms with Gasteiger partial charge in [0.25, 0.3) is 0 Å². The number of aliphatic hydroxyl groups excluding tert-OH is 1. The summed E-state index contributed by atoms with van der Waals surface area (Å²) in [4.78, 5) is 72.6. The van der Waals surface area contributed by atoms with Crippen molar-refractivity contribution < 1.29 is 80.2 Å². The molecule has 6 atom stereocenters. The number of phosphoric acid groups is 2. The van der Waals surface area contributed by atoms with E-state index in [0.29, 0.717) is 25.7 Å². The lowest BCUT2D eigenvalue weighted by molar-refractivity contribution is -0.161. The van der Waals surface area contributed by atoms with E-state index in [9.17, 15) is 43.2 Å². The zero-order valence-electron chi connectivity index (χ0n) is 60.4. The van der Waals surface area contributed by atoms with Crippen LogP contribution >= 0.6 is 15.6 Å². The van der Waals surface area contributed by atoms with Gasteiger partial charge in [-0.15, -0.1) is 0 Å². The molecule has 0 spiro atoms. The number of hydrogen-bond donors (Lipinski definition) is 3. The van der Waals surface area contributed by atoms with Crippen LogP contribution in [0, 0.1) is 5.92 Å². The first-order valence-electron chi connectivity index (χ1n) is 38.7. The summed E-state index contributed by atoms with van der Waals surface area (Å²) in [5.41, 5.74) is 0. The van der Waals surface area contributed by atoms with Gasteiger partial charge in [0.2, 0.25) is 0 Å². The fourth-order valence-corrected chi connectivity index (χ4v) is 12.9. The Labute approximate surface area is 568 Å². The van der Waals surface area contributed by atoms with E-state index in [-0.39, 0.29) is 25.7 Å². The van der Waals surface area contributed by atoms with Crippen molar-refractivity contribution in [2.24, 2.45) is 5.92 Å². The number of phosphoric ester groups is 2. The van der Waals surface area contributed by atoms with Gasteiger partial charge in [-0.25, -0.2) is 9.13 Å². The van der Waals surface area contributed by atoms with Gasteiger partial charge in [0, 0.05) is 25.7 Å². The third-order valence-electron chi connectivity index (χ3n) is 17.6. The second-order valence-corrected chi connectivity index (χ2v) is 29.8. The van der Waals surface area contributed by atoms with Gasteiger partial charge < -0.3 is 33.8 Å². The van der Waals surface area contributed by atoms with Gasteiger partial charge in [0.1, 0.15) is 19.3 Å². The van der Waals surface area contributed by atoms with Crippen LogP contribution in [0.25, 0.3) is 0 Å². The Bertz CT molecular complexity index is 1790. The lowest BCUT2D eigenvalue weighted by Crippen LogP contribution is -2.30. The van der Waals surface area contributed by atoms with E-state index >= 15 is 0 Å². The van der Waals surface area contributed by atoms with Crippen molar-refractivity contribution in [3.63, 3.8) is 0 Å². The molecule has 0 saturated heterocycles. The Balaban J connectivity index is 5.17. The molecule has 0 aliphatic carbocycles. The van der Waals surface area contributed by atoms with Crippen molar-refractivity contribution in [1.82, 2.24) is 0 Å². The molecule has 0 aromatic carbocycles. The zero-order chi connectivity index (χ0) is 68.4. The smallest absolute Gasteiger partial charge is 0.462 e. The molecule has 19 heteroatoms. The van der Waals surface area contributed by atoms with Crippen LogP contribution in [-0.4, -0.2) is 96.7 Å². The van der Waals surface area contributed by atoms with Crippen LogP contribution in [0.15, 0.2) is 0 Å². The summed E-state index contributed by atoms with van der Waals surface area (Å²) in [6.07, 6.45) is 55.7. The molecule has 0 aromatic heterocycles. The summed E-state index contributed by atoms with van der Waals surface area (Å²) in [6, 6.07) is 0. The van der Waals surface area contributed by atoms with Crippen LogP contribution in [0.1, 0.15) is 388 Å². The first-order chi connectivity index (χ1) is 45.1. The predicted molar refractivity (Wildman–Crippen MR) is 377 cm³/mol. The first-order valence-corrected chi connectivity index (χ1v) is 41.7. The van der Waals surface area contributed by atoms with Gasteiger partial charge in [-0.2, -0.15) is 0 Å². The molecule has 93 heavy (non-hydrogen) atoms. The Hall–Kier alpha value is -1.94. The maximum atomic E-state index is 13.1. The minimum absolute atomic E-state index is 0.103. The highest BCUT2D eigenvalue weighted by Crippen LogP contribution is 2.45. The normalized spacial score (nSPS) is 14.3. The van der Waals surface area contributed by atoms with Crippen molar-refractivity contribution in [3.8, 4) is 0 Å². The fraction of sp³-hybridized carbons (Fsp3) is 0.946. The molecule has 0 saturated carbocycles. The maximum Gasteiger partial charge on any atom is 0.472 e. The van der Waals surface area contributed by atoms with Gasteiger partial charge >= 0.3 is 39.5 Å². The van der Waals surface area contributed by atoms with Crippen molar-refractivity contribution >= 4 is 39.5 Å². The van der Waals surface area contributed by atoms with E-state index in [2.05, 4.69) is 34.6 Å². The topological polar surface area (TPSA) is 237 Å². The zero-order valence-corrected chi connectivity index (χ0v) is 62.2. The average molecular weight is 1370 g/mol. The molecule has 0 aliphatic rings. The van der Waals surface area contributed by atoms with Crippen LogP contribution in [0.4, 0.5) is 0 Å². The summed E-state index contributed by atoms with van der Waals surface area (Å²) in [5, 5.41) is 10.6. The highest BCUT2D eigenvalue weighted by atomic mass is 31.2. The summed E-state index contributed by atoms with van der Waals surface area (Å²) in [7, 11) is -9.90. The number of hydrogen-bond acceptors (Lipinski definition) is 15. The Kier molecular flexibility index (Phi) is 65.9. The molecular weight excluding hydrogens is 1220 g/mol. The number of aliphatic hydroxyl groups is 1. The summed E-state index contributed by atoms with van der Waals surface area (Å²) in [6.45, 7) is 7.21. The lowest BCUT2D eigenvalue weighted by Gasteiger charge is -2.21. The van der Waals surface area contributed by atoms with Gasteiger partial charge in [-0.3, -0.25) is 37.3 Å². The molecule has 552 valence electrons. The van der Waals surface area contributed by atoms with E-state index in [1.54, 1.807) is 0 Å². The molecule has 0 rings (SSSR count). The largest absolute Gasteiger partial charge is 0.472 e. The highest BCUT2D eigenvalue weighted by Gasteiger charge is 2.30. The number of unbranched alkanes of at least 4 members (excludes halogenated alkanes) is 45. The number of rotatable bonds is 74. The van der Waals surface area contributed by atoms with E-state index in [0.717, 1.165) is 95.8 Å². The first kappa shape index (κ1) is 91.1. The number of carbonyl (C=O) groups is 4. The quantitative estimate of drug-likeness (QED) is 0.0222. The monoisotopic (exact) mass is 1370 g/mol. The van der Waals surface area contributed by atoms with E-state index in [1.165, 1.54) is 212 Å². The molecule has 0 bridgehead atoms. The third kappa shape index (κ3) is 67.0. The SMILES string of the molecule is CCCCCCCCCCCCCCCCCCCCCCCC(=O)O[C@H](COC(=O)CCCCCCCCCCCCCCC)COP(=O)(O)OC[C@@H](O)COP(=O)(O)OC[C@@H](COC(=O)CCCCCCCCCCC)OC(=O)CCCCCCCCC(C)CC. The number of carbonyl (C=O) groups excluding carboxylic acids is 4. The third-order valence-corrected chi connectivity index (χ3v) is 19.5. The van der Waals surface area contributed by atoms with Crippen LogP contribution < -0.4 is 0 Å². The van der Waals surface area contributed by atoms with Gasteiger partial charge in [-0.05, 0) is 31.6 Å². The fourth-order valence-electron chi connectivity index (χ4n) is 11.3. The van der Waals surface area contributed by atoms with Crippen LogP contribution in [0.3, 0.4) is 0 Å². The Morgan fingerprint density at radius 2 is 0.516 bits per heavy atom. The number of ether oxygens (including phenoxy) is 4. The molecule has 3 N–H and O–H groups in total. The number of esters is 4. The van der Waals surface area contributed by atoms with Gasteiger partial charge in [0.15, 0.2) is 12.2 Å². The molecule has 0 amide bonds. The van der Waals surface area contributed by atoms with E-state index in [4.69, 9.17) is 37.0 Å². The molecular formula is C74H144O17P2.